The number of nitrogens with zero attached hydrogens (tertiary/aromatic N) is 3. The van der Waals surface area contributed by atoms with E-state index in [1.807, 2.05) is 0 Å². The number of aliphatic hydroxyl groups is 1. The molecule has 13 heteroatoms. The predicted molar refractivity (Wildman–Crippen MR) is 155 cm³/mol. The molecule has 6 N–H and O–H groups in total. The number of hydrogen-bond acceptors (Lipinski definition) is 10. The smallest absolute Gasteiger partial charge is 0.232 e. The van der Waals surface area contributed by atoms with Gasteiger partial charge < -0.3 is 26.4 Å². The number of halogens is 1. The van der Waals surface area contributed by atoms with Crippen molar-refractivity contribution in [1.82, 2.24) is 15.6 Å². The Morgan fingerprint density at radius 2 is 2.16 bits per heavy atom. The van der Waals surface area contributed by atoms with Crippen molar-refractivity contribution in [2.24, 2.45) is 10.7 Å². The Morgan fingerprint density at radius 3 is 2.84 bits per heavy atom. The number of piperazine rings is 1. The summed E-state index contributed by atoms with van der Waals surface area (Å²) in [6.07, 6.45) is 3.14. The number of rotatable bonds is 12. The average Bonchev–Trinajstić information content (AvgIpc) is 3.30. The van der Waals surface area contributed by atoms with Gasteiger partial charge in [-0.05, 0) is 25.5 Å². The van der Waals surface area contributed by atoms with Gasteiger partial charge >= 0.3 is 0 Å². The van der Waals surface area contributed by atoms with E-state index in [0.717, 1.165) is 31.3 Å². The summed E-state index contributed by atoms with van der Waals surface area (Å²) < 4.78 is 27.3. The Kier molecular flexibility index (Phi) is 10.4. The number of nitrogens with one attached hydrogen (secondary N) is 3. The molecule has 10 nitrogen and oxygen atoms in total. The number of nitrogens with two attached hydrogens (primary N) is 1. The molecule has 0 unspecified atom stereocenters. The maximum atomic E-state index is 12.4. The average molecular weight is 568 g/mol. The van der Waals surface area contributed by atoms with Crippen molar-refractivity contribution in [2.45, 2.75) is 26.4 Å². The monoisotopic (exact) mass is 567 g/mol. The number of aliphatic hydroxyl groups excluding tert-OH is 1. The van der Waals surface area contributed by atoms with Gasteiger partial charge in [0.2, 0.25) is 10.0 Å². The van der Waals surface area contributed by atoms with Gasteiger partial charge in [0.15, 0.2) is 5.13 Å². The summed E-state index contributed by atoms with van der Waals surface area (Å²) in [5.74, 6) is 0.390. The first-order valence-corrected chi connectivity index (χ1v) is 14.8. The van der Waals surface area contributed by atoms with E-state index in [1.165, 1.54) is 17.6 Å². The van der Waals surface area contributed by atoms with Gasteiger partial charge in [0.05, 0.1) is 38.8 Å². The second-order valence-corrected chi connectivity index (χ2v) is 11.8. The summed E-state index contributed by atoms with van der Waals surface area (Å²) in [5, 5.41) is 16.7. The Morgan fingerprint density at radius 1 is 1.43 bits per heavy atom. The third kappa shape index (κ3) is 8.17. The van der Waals surface area contributed by atoms with E-state index < -0.39 is 16.1 Å². The molecule has 37 heavy (non-hydrogen) atoms. The maximum Gasteiger partial charge on any atom is 0.232 e. The third-order valence-corrected chi connectivity index (χ3v) is 8.39. The Balaban J connectivity index is 1.99. The molecule has 0 saturated carbocycles. The van der Waals surface area contributed by atoms with Gasteiger partial charge in [-0.15, -0.1) is 0 Å². The lowest BCUT2D eigenvalue weighted by Crippen LogP contribution is -2.43. The summed E-state index contributed by atoms with van der Waals surface area (Å²) in [4.78, 5) is 12.0. The number of benzene rings is 1. The number of anilines is 2. The maximum absolute atomic E-state index is 12.4. The van der Waals surface area contributed by atoms with Crippen LogP contribution in [0.15, 0.2) is 41.7 Å². The van der Waals surface area contributed by atoms with Crippen molar-refractivity contribution >= 4 is 55.7 Å². The Hall–Kier alpha value is -2.64. The first kappa shape index (κ1) is 28.9. The van der Waals surface area contributed by atoms with Gasteiger partial charge in [0, 0.05) is 44.5 Å². The lowest BCUT2D eigenvalue weighted by molar-refractivity contribution is 0.195. The standard InChI is InChI=1S/C24H34ClN7O3S2/c1-4-14-37(34,35)31-20-7-5-6-18(21(20)25)22-23(36-24(30-22)32-12-10-27-11-13-32)19(26)8-9-28-17(3)29-15-16(2)33/h5-9,16,27,29,31,33H,3-4,10-15,26H2,1-2H3/b19-8-,28-9?/t16-/m0/s1. The molecule has 0 spiro atoms. The molecular weight excluding hydrogens is 534 g/mol. The van der Waals surface area contributed by atoms with Crippen molar-refractivity contribution in [1.29, 1.82) is 0 Å². The summed E-state index contributed by atoms with van der Waals surface area (Å²) >= 11 is 8.16. The van der Waals surface area contributed by atoms with Crippen LogP contribution in [0.3, 0.4) is 0 Å². The van der Waals surface area contributed by atoms with Crippen LogP contribution in [0.2, 0.25) is 5.02 Å². The van der Waals surface area contributed by atoms with Crippen LogP contribution in [0.25, 0.3) is 17.0 Å². The highest BCUT2D eigenvalue weighted by atomic mass is 35.5. The molecule has 2 heterocycles. The van der Waals surface area contributed by atoms with Crippen molar-refractivity contribution in [3.8, 4) is 11.3 Å². The zero-order valence-electron chi connectivity index (χ0n) is 21.0. The normalized spacial score (nSPS) is 15.7. The predicted octanol–water partition coefficient (Wildman–Crippen LogP) is 2.84. The molecule has 1 saturated heterocycles. The van der Waals surface area contributed by atoms with E-state index in [-0.39, 0.29) is 10.8 Å². The lowest BCUT2D eigenvalue weighted by atomic mass is 10.1. The highest BCUT2D eigenvalue weighted by molar-refractivity contribution is 7.92. The van der Waals surface area contributed by atoms with E-state index in [2.05, 4.69) is 31.8 Å². The molecule has 2 aromatic rings. The summed E-state index contributed by atoms with van der Waals surface area (Å²) in [5.41, 5.74) is 8.33. The van der Waals surface area contributed by atoms with Crippen molar-refractivity contribution in [3.05, 3.63) is 46.6 Å². The van der Waals surface area contributed by atoms with Gasteiger partial charge in [-0.2, -0.15) is 0 Å². The first-order valence-electron chi connectivity index (χ1n) is 12.0. The Labute approximate surface area is 227 Å². The highest BCUT2D eigenvalue weighted by Crippen LogP contribution is 2.41. The van der Waals surface area contributed by atoms with E-state index in [0.29, 0.717) is 46.3 Å². The second-order valence-electron chi connectivity index (χ2n) is 8.58. The van der Waals surface area contributed by atoms with E-state index >= 15 is 0 Å². The summed E-state index contributed by atoms with van der Waals surface area (Å²) in [6.45, 7) is 10.9. The van der Waals surface area contributed by atoms with Crippen molar-refractivity contribution in [3.63, 3.8) is 0 Å². The topological polar surface area (TPSA) is 145 Å². The van der Waals surface area contributed by atoms with Crippen LogP contribution in [0.4, 0.5) is 10.8 Å². The largest absolute Gasteiger partial charge is 0.397 e. The lowest BCUT2D eigenvalue weighted by Gasteiger charge is -2.26. The molecule has 0 radical (unpaired) electrons. The molecule has 1 fully saturated rings. The first-order chi connectivity index (χ1) is 17.6. The van der Waals surface area contributed by atoms with E-state index in [4.69, 9.17) is 22.3 Å². The quantitative estimate of drug-likeness (QED) is 0.246. The zero-order valence-corrected chi connectivity index (χ0v) is 23.4. The molecule has 202 valence electrons. The summed E-state index contributed by atoms with van der Waals surface area (Å²) in [7, 11) is -3.53. The van der Waals surface area contributed by atoms with Gasteiger partial charge in [0.1, 0.15) is 5.82 Å². The number of aromatic nitrogens is 1. The van der Waals surface area contributed by atoms with Gasteiger partial charge in [-0.3, -0.25) is 4.72 Å². The molecule has 3 rings (SSSR count). The van der Waals surface area contributed by atoms with Crippen LogP contribution >= 0.6 is 22.9 Å². The SMILES string of the molecule is C=C(N=C/C=C(\N)c1sc(N2CCNCC2)nc1-c1cccc(NS(=O)(=O)CCC)c1Cl)NC[C@H](C)O. The minimum absolute atomic E-state index is 0.00492. The van der Waals surface area contributed by atoms with Crippen LogP contribution < -0.4 is 26.0 Å². The Bertz CT molecular complexity index is 1250. The van der Waals surface area contributed by atoms with Crippen LogP contribution in [0, 0.1) is 0 Å². The number of allylic oxidation sites excluding steroid dienone is 1. The zero-order chi connectivity index (χ0) is 27.0. The minimum Gasteiger partial charge on any atom is -0.397 e. The number of hydrogen-bond donors (Lipinski definition) is 5. The van der Waals surface area contributed by atoms with Crippen LogP contribution in [0.1, 0.15) is 25.1 Å². The molecule has 1 aliphatic heterocycles. The fraction of sp³-hybridized carbons (Fsp3) is 0.417. The molecule has 0 amide bonds. The van der Waals surface area contributed by atoms with E-state index in [1.54, 1.807) is 38.1 Å². The molecule has 1 aliphatic rings. The molecular formula is C24H34ClN7O3S2. The fourth-order valence-electron chi connectivity index (χ4n) is 3.55. The number of sulfonamides is 1. The second kappa shape index (κ2) is 13.2. The molecule has 1 aromatic heterocycles. The van der Waals surface area contributed by atoms with Crippen LogP contribution in [-0.2, 0) is 10.0 Å². The van der Waals surface area contributed by atoms with Gasteiger partial charge in [-0.25, -0.2) is 18.4 Å². The molecule has 1 atom stereocenters. The molecule has 0 bridgehead atoms. The van der Waals surface area contributed by atoms with E-state index in [9.17, 15) is 13.5 Å². The van der Waals surface area contributed by atoms with Gasteiger partial charge in [0.25, 0.3) is 0 Å². The van der Waals surface area contributed by atoms with Crippen molar-refractivity contribution < 1.29 is 13.5 Å². The fourth-order valence-corrected chi connectivity index (χ4v) is 6.09. The number of aliphatic imine (C=N–C) groups is 1. The summed E-state index contributed by atoms with van der Waals surface area (Å²) in [6, 6.07) is 5.15. The molecule has 0 aliphatic carbocycles. The molecule has 1 aromatic carbocycles. The highest BCUT2D eigenvalue weighted by Gasteiger charge is 2.23. The number of thiazole rings is 1. The van der Waals surface area contributed by atoms with Crippen LogP contribution in [0.5, 0.6) is 0 Å². The van der Waals surface area contributed by atoms with Gasteiger partial charge in [-0.1, -0.05) is 48.6 Å². The minimum atomic E-state index is -3.53. The van der Waals surface area contributed by atoms with Crippen LogP contribution in [-0.4, -0.2) is 69.3 Å². The van der Waals surface area contributed by atoms with Crippen molar-refractivity contribution in [2.75, 3.05) is 48.1 Å². The third-order valence-electron chi connectivity index (χ3n) is 5.34.